The van der Waals surface area contributed by atoms with Gasteiger partial charge in [0, 0.05) is 50.1 Å². The summed E-state index contributed by atoms with van der Waals surface area (Å²) in [5.41, 5.74) is 6.01. The van der Waals surface area contributed by atoms with E-state index in [4.69, 9.17) is 0 Å². The zero-order valence-electron chi connectivity index (χ0n) is 29.5. The van der Waals surface area contributed by atoms with Crippen LogP contribution in [-0.2, 0) is 12.8 Å². The summed E-state index contributed by atoms with van der Waals surface area (Å²) in [7, 11) is 0. The Morgan fingerprint density at radius 2 is 0.760 bits per heavy atom. The normalized spacial score (nSPS) is 12.2. The molecule has 50 heavy (non-hydrogen) atoms. The van der Waals surface area contributed by atoms with E-state index in [1.54, 1.807) is 0 Å². The van der Waals surface area contributed by atoms with E-state index in [9.17, 15) is 4.79 Å². The summed E-state index contributed by atoms with van der Waals surface area (Å²) in [4.78, 5) is 24.6. The molecule has 4 aromatic heterocycles. The molecule has 0 atom stereocenters. The van der Waals surface area contributed by atoms with Gasteiger partial charge in [-0.2, -0.15) is 0 Å². The Hall–Kier alpha value is -3.09. The van der Waals surface area contributed by atoms with Crippen LogP contribution in [-0.4, -0.2) is 5.78 Å². The van der Waals surface area contributed by atoms with Crippen LogP contribution in [0.5, 0.6) is 0 Å². The quantitative estimate of drug-likeness (QED) is 0.0803. The Balaban J connectivity index is 0.994. The van der Waals surface area contributed by atoms with E-state index >= 15 is 0 Å². The summed E-state index contributed by atoms with van der Waals surface area (Å²) in [6.07, 6.45) is 18.4. The van der Waals surface area contributed by atoms with E-state index in [0.29, 0.717) is 0 Å². The third-order valence-corrected chi connectivity index (χ3v) is 14.9. The monoisotopic (exact) mass is 732 g/mol. The van der Waals surface area contributed by atoms with E-state index in [-0.39, 0.29) is 5.78 Å². The average molecular weight is 733 g/mol. The lowest BCUT2D eigenvalue weighted by molar-refractivity contribution is 0.104. The van der Waals surface area contributed by atoms with Crippen LogP contribution in [0.25, 0.3) is 51.5 Å². The van der Waals surface area contributed by atoms with Crippen molar-refractivity contribution in [3.05, 3.63) is 106 Å². The number of benzene rings is 2. The Kier molecular flexibility index (Phi) is 12.0. The van der Waals surface area contributed by atoms with Crippen LogP contribution in [0.1, 0.15) is 117 Å². The maximum atomic E-state index is 13.8. The Bertz CT molecular complexity index is 1890. The zero-order valence-corrected chi connectivity index (χ0v) is 32.8. The molecule has 1 aliphatic rings. The van der Waals surface area contributed by atoms with Crippen LogP contribution < -0.4 is 0 Å². The highest BCUT2D eigenvalue weighted by Crippen LogP contribution is 2.44. The molecule has 0 saturated heterocycles. The van der Waals surface area contributed by atoms with E-state index in [1.165, 1.54) is 129 Å². The summed E-state index contributed by atoms with van der Waals surface area (Å²) in [6, 6.07) is 31.1. The van der Waals surface area contributed by atoms with Gasteiger partial charge in [-0.25, -0.2) is 0 Å². The minimum absolute atomic E-state index is 0.141. The van der Waals surface area contributed by atoms with Gasteiger partial charge in [0.25, 0.3) is 0 Å². The number of hydrogen-bond donors (Lipinski definition) is 0. The van der Waals surface area contributed by atoms with Gasteiger partial charge in [-0.3, -0.25) is 4.79 Å². The molecule has 4 heterocycles. The predicted molar refractivity (Wildman–Crippen MR) is 223 cm³/mol. The third-order valence-electron chi connectivity index (χ3n) is 9.96. The number of fused-ring (bicyclic) bond motifs is 3. The fraction of sp³-hybridized carbons (Fsp3) is 0.356. The van der Waals surface area contributed by atoms with Gasteiger partial charge in [-0.1, -0.05) is 102 Å². The highest BCUT2D eigenvalue weighted by molar-refractivity contribution is 7.24. The van der Waals surface area contributed by atoms with Crippen LogP contribution in [0.3, 0.4) is 0 Å². The van der Waals surface area contributed by atoms with Crippen molar-refractivity contribution in [2.75, 3.05) is 0 Å². The standard InChI is InChI=1S/C45H48OS4/c1-3-5-7-9-11-13-15-33-19-23-41(47-33)43-27-25-39(49-43)31-17-21-35-36-22-18-32(30-38(36)45(46)37(35)29-31)40-26-28-44(50-40)42-24-20-34(48-42)16-14-12-10-8-6-4-2/h17-30H,3-16H2,1-2H3. The summed E-state index contributed by atoms with van der Waals surface area (Å²) < 4.78 is 0. The Morgan fingerprint density at radius 3 is 1.22 bits per heavy atom. The first-order valence-corrected chi connectivity index (χ1v) is 22.1. The van der Waals surface area contributed by atoms with Crippen LogP contribution in [0.15, 0.2) is 84.9 Å². The summed E-state index contributed by atoms with van der Waals surface area (Å²) in [5, 5.41) is 0. The molecule has 0 aliphatic heterocycles. The predicted octanol–water partition coefficient (Wildman–Crippen LogP) is 15.6. The van der Waals surface area contributed by atoms with Gasteiger partial charge in [-0.05, 0) is 109 Å². The van der Waals surface area contributed by atoms with Crippen LogP contribution in [0.4, 0.5) is 0 Å². The minimum Gasteiger partial charge on any atom is -0.289 e. The number of rotatable bonds is 18. The lowest BCUT2D eigenvalue weighted by Crippen LogP contribution is -1.95. The lowest BCUT2D eigenvalue weighted by atomic mass is 10.0. The first-order chi connectivity index (χ1) is 24.6. The fourth-order valence-electron chi connectivity index (χ4n) is 7.09. The molecule has 1 nitrogen and oxygen atoms in total. The van der Waals surface area contributed by atoms with E-state index in [1.807, 2.05) is 45.3 Å². The number of carbonyl (C=O) groups is 1. The molecule has 258 valence electrons. The maximum Gasteiger partial charge on any atom is 0.194 e. The molecule has 0 bridgehead atoms. The van der Waals surface area contributed by atoms with Crippen molar-refractivity contribution < 1.29 is 4.79 Å². The van der Waals surface area contributed by atoms with Crippen molar-refractivity contribution in [2.45, 2.75) is 104 Å². The minimum atomic E-state index is 0.141. The molecular weight excluding hydrogens is 685 g/mol. The highest BCUT2D eigenvalue weighted by Gasteiger charge is 2.28. The average Bonchev–Trinajstić information content (AvgIpc) is 3.99. The molecule has 7 rings (SSSR count). The Morgan fingerprint density at radius 1 is 0.380 bits per heavy atom. The summed E-state index contributed by atoms with van der Waals surface area (Å²) >= 11 is 7.54. The van der Waals surface area contributed by atoms with E-state index in [0.717, 1.165) is 33.4 Å². The van der Waals surface area contributed by atoms with Gasteiger partial charge >= 0.3 is 0 Å². The molecule has 2 aromatic carbocycles. The zero-order chi connectivity index (χ0) is 34.3. The molecule has 0 radical (unpaired) electrons. The second-order valence-electron chi connectivity index (χ2n) is 13.7. The van der Waals surface area contributed by atoms with Crippen LogP contribution >= 0.6 is 45.3 Å². The molecule has 1 aliphatic carbocycles. The Labute approximate surface area is 315 Å². The molecule has 5 heteroatoms. The molecule has 0 unspecified atom stereocenters. The van der Waals surface area contributed by atoms with Gasteiger partial charge < -0.3 is 0 Å². The van der Waals surface area contributed by atoms with Gasteiger partial charge in [0.05, 0.1) is 0 Å². The van der Waals surface area contributed by atoms with Crippen molar-refractivity contribution in [3.8, 4) is 51.5 Å². The number of aryl methyl sites for hydroxylation is 2. The van der Waals surface area contributed by atoms with Gasteiger partial charge in [0.2, 0.25) is 0 Å². The summed E-state index contributed by atoms with van der Waals surface area (Å²) in [6.45, 7) is 4.55. The SMILES string of the molecule is CCCCCCCCc1ccc(-c2ccc(-c3ccc4c(c3)C(=O)c3cc(-c5ccc(-c6ccc(CCCCCCCC)s6)s5)ccc3-4)s2)s1. The van der Waals surface area contributed by atoms with Crippen LogP contribution in [0.2, 0.25) is 0 Å². The molecule has 0 amide bonds. The van der Waals surface area contributed by atoms with E-state index in [2.05, 4.69) is 98.8 Å². The first-order valence-electron chi connectivity index (χ1n) is 18.8. The van der Waals surface area contributed by atoms with Crippen molar-refractivity contribution in [2.24, 2.45) is 0 Å². The number of thiophene rings is 4. The molecule has 0 spiro atoms. The van der Waals surface area contributed by atoms with Crippen molar-refractivity contribution in [1.82, 2.24) is 0 Å². The van der Waals surface area contributed by atoms with Crippen LogP contribution in [0, 0.1) is 0 Å². The number of carbonyl (C=O) groups excluding carboxylic acids is 1. The third kappa shape index (κ3) is 8.18. The van der Waals surface area contributed by atoms with Gasteiger partial charge in [0.15, 0.2) is 5.78 Å². The highest BCUT2D eigenvalue weighted by atomic mass is 32.1. The number of unbranched alkanes of at least 4 members (excludes halogenated alkanes) is 10. The topological polar surface area (TPSA) is 17.1 Å². The second-order valence-corrected chi connectivity index (χ2v) is 18.2. The van der Waals surface area contributed by atoms with Gasteiger partial charge in [0.1, 0.15) is 0 Å². The molecule has 0 saturated carbocycles. The van der Waals surface area contributed by atoms with E-state index < -0.39 is 0 Å². The van der Waals surface area contributed by atoms with Crippen molar-refractivity contribution >= 4 is 51.1 Å². The molecule has 6 aromatic rings. The fourth-order valence-corrected chi connectivity index (χ4v) is 11.4. The maximum absolute atomic E-state index is 13.8. The summed E-state index contributed by atoms with van der Waals surface area (Å²) in [5.74, 6) is 0.141. The smallest absolute Gasteiger partial charge is 0.194 e. The molecule has 0 fully saturated rings. The van der Waals surface area contributed by atoms with Gasteiger partial charge in [-0.15, -0.1) is 45.3 Å². The number of ketones is 1. The number of hydrogen-bond acceptors (Lipinski definition) is 5. The second kappa shape index (κ2) is 17.0. The van der Waals surface area contributed by atoms with Crippen molar-refractivity contribution in [3.63, 3.8) is 0 Å². The molecular formula is C45H48OS4. The first kappa shape index (κ1) is 35.3. The molecule has 0 N–H and O–H groups in total. The lowest BCUT2D eigenvalue weighted by Gasteiger charge is -2.04. The van der Waals surface area contributed by atoms with Crippen molar-refractivity contribution in [1.29, 1.82) is 0 Å². The largest absolute Gasteiger partial charge is 0.289 e.